The molecule has 1 aliphatic rings. The van der Waals surface area contributed by atoms with Crippen molar-refractivity contribution in [3.63, 3.8) is 0 Å². The van der Waals surface area contributed by atoms with Crippen LogP contribution in [0.15, 0.2) is 18.2 Å². The Morgan fingerprint density at radius 2 is 2.38 bits per heavy atom. The molecule has 86 valence electrons. The van der Waals surface area contributed by atoms with E-state index in [0.29, 0.717) is 19.0 Å². The Bertz CT molecular complexity index is 403. The van der Waals surface area contributed by atoms with E-state index in [9.17, 15) is 4.39 Å². The van der Waals surface area contributed by atoms with Crippen molar-refractivity contribution in [2.45, 2.75) is 12.5 Å². The average Bonchev–Trinajstić information content (AvgIpc) is 2.73. The Labute approximate surface area is 92.7 Å². The maximum Gasteiger partial charge on any atom is 0.130 e. The van der Waals surface area contributed by atoms with Gasteiger partial charge in [-0.1, -0.05) is 0 Å². The van der Waals surface area contributed by atoms with Gasteiger partial charge in [0.2, 0.25) is 0 Å². The highest BCUT2D eigenvalue weighted by atomic mass is 19.1. The van der Waals surface area contributed by atoms with Gasteiger partial charge in [0, 0.05) is 6.42 Å². The summed E-state index contributed by atoms with van der Waals surface area (Å²) in [7, 11) is 0. The molecule has 1 atom stereocenters. The van der Waals surface area contributed by atoms with E-state index in [2.05, 4.69) is 0 Å². The fraction of sp³-hybridized carbons (Fsp3) is 0.364. The first kappa shape index (κ1) is 10.9. The van der Waals surface area contributed by atoms with E-state index < -0.39 is 5.82 Å². The van der Waals surface area contributed by atoms with Gasteiger partial charge in [-0.15, -0.1) is 0 Å². The lowest BCUT2D eigenvalue weighted by Crippen LogP contribution is -2.19. The van der Waals surface area contributed by atoms with Gasteiger partial charge in [-0.05, 0) is 18.2 Å². The van der Waals surface area contributed by atoms with Crippen LogP contribution in [0.2, 0.25) is 0 Å². The molecule has 1 unspecified atom stereocenters. The number of ether oxygens (including phenoxy) is 2. The van der Waals surface area contributed by atoms with Crippen molar-refractivity contribution in [2.75, 3.05) is 13.2 Å². The van der Waals surface area contributed by atoms with Crippen LogP contribution in [-0.2, 0) is 4.74 Å². The summed E-state index contributed by atoms with van der Waals surface area (Å²) in [4.78, 5) is 0. The fourth-order valence-corrected chi connectivity index (χ4v) is 1.60. The Morgan fingerprint density at radius 1 is 1.56 bits per heavy atom. The lowest BCUT2D eigenvalue weighted by atomic mass is 10.1. The van der Waals surface area contributed by atoms with E-state index in [4.69, 9.17) is 20.6 Å². The van der Waals surface area contributed by atoms with Crippen LogP contribution in [0, 0.1) is 11.2 Å². The van der Waals surface area contributed by atoms with Crippen molar-refractivity contribution in [3.05, 3.63) is 29.6 Å². The highest BCUT2D eigenvalue weighted by Gasteiger charge is 2.19. The summed E-state index contributed by atoms with van der Waals surface area (Å²) in [5.74, 6) is -0.196. The molecular weight excluding hydrogens is 211 g/mol. The Morgan fingerprint density at radius 3 is 3.00 bits per heavy atom. The lowest BCUT2D eigenvalue weighted by molar-refractivity contribution is 0.141. The molecule has 0 spiro atoms. The first-order chi connectivity index (χ1) is 7.66. The van der Waals surface area contributed by atoms with Gasteiger partial charge in [-0.2, -0.15) is 0 Å². The van der Waals surface area contributed by atoms with Gasteiger partial charge in [-0.25, -0.2) is 4.39 Å². The van der Waals surface area contributed by atoms with Crippen LogP contribution in [0.3, 0.4) is 0 Å². The Kier molecular flexibility index (Phi) is 3.05. The number of hydrogen-bond donors (Lipinski definition) is 2. The van der Waals surface area contributed by atoms with Gasteiger partial charge in [0.05, 0.1) is 18.8 Å². The quantitative estimate of drug-likeness (QED) is 0.600. The molecule has 0 aromatic heterocycles. The molecule has 1 heterocycles. The number of halogens is 1. The molecule has 3 N–H and O–H groups in total. The molecule has 0 aliphatic carbocycles. The van der Waals surface area contributed by atoms with E-state index >= 15 is 0 Å². The molecule has 0 saturated carbocycles. The highest BCUT2D eigenvalue weighted by Crippen LogP contribution is 2.22. The number of rotatable bonds is 3. The molecule has 0 amide bonds. The van der Waals surface area contributed by atoms with Gasteiger partial charge in [0.15, 0.2) is 0 Å². The zero-order valence-electron chi connectivity index (χ0n) is 8.70. The maximum absolute atomic E-state index is 13.0. The SMILES string of the molecule is N=C(N)c1cc(F)ccc1OC1CCOC1. The number of nitrogens with one attached hydrogen (secondary N) is 1. The van der Waals surface area contributed by atoms with E-state index in [1.54, 1.807) is 0 Å². The van der Waals surface area contributed by atoms with Gasteiger partial charge >= 0.3 is 0 Å². The van der Waals surface area contributed by atoms with Crippen molar-refractivity contribution in [2.24, 2.45) is 5.73 Å². The highest BCUT2D eigenvalue weighted by molar-refractivity contribution is 5.97. The summed E-state index contributed by atoms with van der Waals surface area (Å²) >= 11 is 0. The number of amidine groups is 1. The molecule has 1 fully saturated rings. The maximum atomic E-state index is 13.0. The summed E-state index contributed by atoms with van der Waals surface area (Å²) in [6.07, 6.45) is 0.762. The van der Waals surface area contributed by atoms with Crippen LogP contribution < -0.4 is 10.5 Å². The van der Waals surface area contributed by atoms with Crippen molar-refractivity contribution in [1.82, 2.24) is 0 Å². The summed E-state index contributed by atoms with van der Waals surface area (Å²) in [6, 6.07) is 3.98. The number of hydrogen-bond acceptors (Lipinski definition) is 3. The van der Waals surface area contributed by atoms with Crippen molar-refractivity contribution in [1.29, 1.82) is 5.41 Å². The van der Waals surface area contributed by atoms with Gasteiger partial charge in [0.25, 0.3) is 0 Å². The largest absolute Gasteiger partial charge is 0.487 e. The zero-order chi connectivity index (χ0) is 11.5. The third kappa shape index (κ3) is 2.30. The van der Waals surface area contributed by atoms with Crippen molar-refractivity contribution < 1.29 is 13.9 Å². The third-order valence-electron chi connectivity index (χ3n) is 2.41. The molecule has 5 heteroatoms. The van der Waals surface area contributed by atoms with Crippen LogP contribution in [0.4, 0.5) is 4.39 Å². The van der Waals surface area contributed by atoms with E-state index in [1.807, 2.05) is 0 Å². The van der Waals surface area contributed by atoms with Crippen molar-refractivity contribution in [3.8, 4) is 5.75 Å². The van der Waals surface area contributed by atoms with Crippen LogP contribution >= 0.6 is 0 Å². The molecule has 16 heavy (non-hydrogen) atoms. The second kappa shape index (κ2) is 4.49. The number of benzene rings is 1. The molecule has 0 bridgehead atoms. The second-order valence-corrected chi connectivity index (χ2v) is 3.66. The molecule has 1 aromatic rings. The molecule has 4 nitrogen and oxygen atoms in total. The first-order valence-corrected chi connectivity index (χ1v) is 5.05. The van der Waals surface area contributed by atoms with E-state index in [-0.39, 0.29) is 17.5 Å². The second-order valence-electron chi connectivity index (χ2n) is 3.66. The van der Waals surface area contributed by atoms with Crippen LogP contribution in [0.1, 0.15) is 12.0 Å². The minimum absolute atomic E-state index is 0.0384. The predicted octanol–water partition coefficient (Wildman–Crippen LogP) is 1.28. The van der Waals surface area contributed by atoms with Crippen molar-refractivity contribution >= 4 is 5.84 Å². The number of nitrogen functional groups attached to an aromatic ring is 1. The van der Waals surface area contributed by atoms with Gasteiger partial charge < -0.3 is 15.2 Å². The summed E-state index contributed by atoms with van der Waals surface area (Å²) < 4.78 is 23.8. The lowest BCUT2D eigenvalue weighted by Gasteiger charge is -2.14. The van der Waals surface area contributed by atoms with Crippen LogP contribution in [-0.4, -0.2) is 25.2 Å². The molecular formula is C11H13FN2O2. The first-order valence-electron chi connectivity index (χ1n) is 5.05. The smallest absolute Gasteiger partial charge is 0.130 e. The zero-order valence-corrected chi connectivity index (χ0v) is 8.70. The predicted molar refractivity (Wildman–Crippen MR) is 57.3 cm³/mol. The van der Waals surface area contributed by atoms with E-state index in [1.165, 1.54) is 18.2 Å². The topological polar surface area (TPSA) is 68.3 Å². The normalized spacial score (nSPS) is 19.7. The summed E-state index contributed by atoms with van der Waals surface area (Å²) in [6.45, 7) is 1.19. The monoisotopic (exact) mass is 224 g/mol. The molecule has 2 rings (SSSR count). The van der Waals surface area contributed by atoms with E-state index in [0.717, 1.165) is 6.42 Å². The van der Waals surface area contributed by atoms with Crippen LogP contribution in [0.25, 0.3) is 0 Å². The minimum atomic E-state index is -0.430. The molecule has 1 aromatic carbocycles. The van der Waals surface area contributed by atoms with Gasteiger partial charge in [-0.3, -0.25) is 5.41 Å². The Balaban J connectivity index is 2.21. The Hall–Kier alpha value is -1.62. The standard InChI is InChI=1S/C11H13FN2O2/c12-7-1-2-10(9(5-7)11(13)14)16-8-3-4-15-6-8/h1-2,5,8H,3-4,6H2,(H3,13,14). The third-order valence-corrected chi connectivity index (χ3v) is 2.41. The number of nitrogens with two attached hydrogens (primary N) is 1. The molecule has 0 radical (unpaired) electrons. The summed E-state index contributed by atoms with van der Waals surface area (Å²) in [5, 5.41) is 7.35. The summed E-state index contributed by atoms with van der Waals surface area (Å²) in [5.41, 5.74) is 5.65. The average molecular weight is 224 g/mol. The minimum Gasteiger partial charge on any atom is -0.487 e. The fourth-order valence-electron chi connectivity index (χ4n) is 1.60. The molecule has 1 aliphatic heterocycles. The molecule has 1 saturated heterocycles. The van der Waals surface area contributed by atoms with Gasteiger partial charge in [0.1, 0.15) is 23.5 Å². The van der Waals surface area contributed by atoms with Crippen LogP contribution in [0.5, 0.6) is 5.75 Å².